The number of carboxylic acids is 2. The van der Waals surface area contributed by atoms with E-state index in [-0.39, 0.29) is 6.54 Å². The van der Waals surface area contributed by atoms with Crippen LogP contribution in [0.4, 0.5) is 0 Å². The molecule has 0 fully saturated rings. The summed E-state index contributed by atoms with van der Waals surface area (Å²) in [5.74, 6) is -2.50. The summed E-state index contributed by atoms with van der Waals surface area (Å²) in [4.78, 5) is 20.4. The highest BCUT2D eigenvalue weighted by Crippen LogP contribution is 1.99. The highest BCUT2D eigenvalue weighted by atomic mass is 32.2. The van der Waals surface area contributed by atoms with E-state index >= 15 is 0 Å². The summed E-state index contributed by atoms with van der Waals surface area (Å²) < 4.78 is 22.5. The third kappa shape index (κ3) is 5.49. The zero-order chi connectivity index (χ0) is 11.4. The third-order valence-electron chi connectivity index (χ3n) is 1.36. The molecule has 0 radical (unpaired) electrons. The Morgan fingerprint density at radius 3 is 2.00 bits per heavy atom. The predicted octanol–water partition coefficient (Wildman–Crippen LogP) is -1.19. The van der Waals surface area contributed by atoms with E-state index in [1.807, 2.05) is 0 Å². The van der Waals surface area contributed by atoms with Gasteiger partial charge in [-0.15, -0.1) is 0 Å². The Bertz CT molecular complexity index is 321. The first-order valence-electron chi connectivity index (χ1n) is 3.62. The molecular weight excluding hydrogens is 214 g/mol. The number of aliphatic carboxylic acids is 2. The van der Waals surface area contributed by atoms with Crippen LogP contribution in [0.15, 0.2) is 0 Å². The molecule has 14 heavy (non-hydrogen) atoms. The summed E-state index contributed by atoms with van der Waals surface area (Å²) in [7, 11) is -3.67. The number of carbonyl (C=O) groups is 2. The van der Waals surface area contributed by atoms with E-state index in [0.29, 0.717) is 4.31 Å². The molecule has 0 unspecified atom stereocenters. The molecule has 0 bridgehead atoms. The van der Waals surface area contributed by atoms with Crippen molar-refractivity contribution in [2.75, 3.05) is 19.3 Å². The molecule has 0 saturated heterocycles. The van der Waals surface area contributed by atoms with Crippen LogP contribution < -0.4 is 0 Å². The predicted molar refractivity (Wildman–Crippen MR) is 46.3 cm³/mol. The minimum absolute atomic E-state index is 0.333. The van der Waals surface area contributed by atoms with Gasteiger partial charge in [0.2, 0.25) is 10.0 Å². The average Bonchev–Trinajstić information content (AvgIpc) is 1.94. The van der Waals surface area contributed by atoms with Crippen molar-refractivity contribution in [1.29, 1.82) is 0 Å². The molecule has 7 nitrogen and oxygen atoms in total. The monoisotopic (exact) mass is 225 g/mol. The van der Waals surface area contributed by atoms with E-state index < -0.39 is 34.9 Å². The summed E-state index contributed by atoms with van der Waals surface area (Å²) >= 11 is 0. The summed E-state index contributed by atoms with van der Waals surface area (Å²) in [6.07, 6.45) is 0.415. The lowest BCUT2D eigenvalue weighted by atomic mass is 10.4. The number of hydrogen-bond acceptors (Lipinski definition) is 4. The molecule has 0 aliphatic heterocycles. The lowest BCUT2D eigenvalue weighted by molar-refractivity contribution is -0.139. The summed E-state index contributed by atoms with van der Waals surface area (Å²) in [5, 5.41) is 16.7. The molecule has 2 N–H and O–H groups in total. The number of hydrogen-bond donors (Lipinski definition) is 2. The maximum absolute atomic E-state index is 10.9. The second-order valence-electron chi connectivity index (χ2n) is 2.63. The molecular formula is C6H11NO6S. The second-order valence-corrected chi connectivity index (χ2v) is 4.62. The van der Waals surface area contributed by atoms with Crippen LogP contribution in [0.25, 0.3) is 0 Å². The van der Waals surface area contributed by atoms with E-state index in [2.05, 4.69) is 0 Å². The normalized spacial score (nSPS) is 11.6. The minimum Gasteiger partial charge on any atom is -0.481 e. The largest absolute Gasteiger partial charge is 0.481 e. The van der Waals surface area contributed by atoms with E-state index in [9.17, 15) is 18.0 Å². The standard InChI is InChI=1S/C6H11NO6S/c1-14(12,13)7(4-6(10)11)3-2-5(8)9/h2-4H2,1H3,(H,8,9)(H,10,11). The Hall–Kier alpha value is -1.15. The van der Waals surface area contributed by atoms with Gasteiger partial charge in [0.15, 0.2) is 0 Å². The highest BCUT2D eigenvalue weighted by Gasteiger charge is 2.20. The summed E-state index contributed by atoms with van der Waals surface area (Å²) in [5.41, 5.74) is 0. The van der Waals surface area contributed by atoms with Crippen molar-refractivity contribution >= 4 is 22.0 Å². The van der Waals surface area contributed by atoms with Gasteiger partial charge < -0.3 is 10.2 Å². The zero-order valence-electron chi connectivity index (χ0n) is 7.50. The molecule has 0 aromatic heterocycles. The van der Waals surface area contributed by atoms with Crippen LogP contribution in [-0.2, 0) is 19.6 Å². The van der Waals surface area contributed by atoms with Crippen LogP contribution in [0.3, 0.4) is 0 Å². The van der Waals surface area contributed by atoms with Crippen LogP contribution in [-0.4, -0.2) is 54.2 Å². The van der Waals surface area contributed by atoms with Gasteiger partial charge in [-0.2, -0.15) is 4.31 Å². The molecule has 0 aliphatic rings. The first-order chi connectivity index (χ1) is 6.23. The van der Waals surface area contributed by atoms with E-state index in [1.165, 1.54) is 0 Å². The van der Waals surface area contributed by atoms with Gasteiger partial charge in [0.1, 0.15) is 6.54 Å². The van der Waals surface area contributed by atoms with Crippen LogP contribution in [0, 0.1) is 0 Å². The van der Waals surface area contributed by atoms with Crippen LogP contribution >= 0.6 is 0 Å². The van der Waals surface area contributed by atoms with Gasteiger partial charge in [-0.05, 0) is 0 Å². The summed E-state index contributed by atoms with van der Waals surface area (Å²) in [6.45, 7) is -1.05. The van der Waals surface area contributed by atoms with Crippen molar-refractivity contribution in [3.8, 4) is 0 Å². The van der Waals surface area contributed by atoms with Gasteiger partial charge in [0.05, 0.1) is 12.7 Å². The number of sulfonamides is 1. The van der Waals surface area contributed by atoms with Gasteiger partial charge in [-0.1, -0.05) is 0 Å². The quantitative estimate of drug-likeness (QED) is 0.587. The smallest absolute Gasteiger partial charge is 0.318 e. The number of carboxylic acid groups (broad SMARTS) is 2. The van der Waals surface area contributed by atoms with Crippen molar-refractivity contribution in [2.24, 2.45) is 0 Å². The molecule has 0 aromatic carbocycles. The van der Waals surface area contributed by atoms with E-state index in [4.69, 9.17) is 10.2 Å². The molecule has 0 amide bonds. The molecule has 0 aliphatic carbocycles. The van der Waals surface area contributed by atoms with Crippen molar-refractivity contribution in [3.05, 3.63) is 0 Å². The third-order valence-corrected chi connectivity index (χ3v) is 2.61. The Kier molecular flexibility index (Phi) is 4.51. The van der Waals surface area contributed by atoms with Gasteiger partial charge in [0, 0.05) is 6.54 Å². The topological polar surface area (TPSA) is 112 Å². The van der Waals surface area contributed by atoms with Crippen molar-refractivity contribution in [1.82, 2.24) is 4.31 Å². The second kappa shape index (κ2) is 4.91. The van der Waals surface area contributed by atoms with Crippen LogP contribution in [0.5, 0.6) is 0 Å². The molecule has 0 saturated carbocycles. The lowest BCUT2D eigenvalue weighted by Crippen LogP contribution is -2.36. The number of nitrogens with zero attached hydrogens (tertiary/aromatic N) is 1. The molecule has 82 valence electrons. The van der Waals surface area contributed by atoms with Crippen LogP contribution in [0.2, 0.25) is 0 Å². The average molecular weight is 225 g/mol. The van der Waals surface area contributed by atoms with Gasteiger partial charge >= 0.3 is 11.9 Å². The first kappa shape index (κ1) is 12.8. The highest BCUT2D eigenvalue weighted by molar-refractivity contribution is 7.88. The summed E-state index contributed by atoms with van der Waals surface area (Å²) in [6, 6.07) is 0. The molecule has 0 aromatic rings. The van der Waals surface area contributed by atoms with Crippen molar-refractivity contribution in [2.45, 2.75) is 6.42 Å². The SMILES string of the molecule is CS(=O)(=O)N(CCC(=O)O)CC(=O)O. The molecule has 0 spiro atoms. The molecule has 0 rings (SSSR count). The first-order valence-corrected chi connectivity index (χ1v) is 5.47. The minimum atomic E-state index is -3.67. The lowest BCUT2D eigenvalue weighted by Gasteiger charge is -2.15. The Morgan fingerprint density at radius 1 is 1.21 bits per heavy atom. The van der Waals surface area contributed by atoms with Gasteiger partial charge in [0.25, 0.3) is 0 Å². The van der Waals surface area contributed by atoms with Gasteiger partial charge in [-0.3, -0.25) is 9.59 Å². The van der Waals surface area contributed by atoms with Gasteiger partial charge in [-0.25, -0.2) is 8.42 Å². The van der Waals surface area contributed by atoms with E-state index in [1.54, 1.807) is 0 Å². The maximum atomic E-state index is 10.9. The Balaban J connectivity index is 4.42. The van der Waals surface area contributed by atoms with Crippen LogP contribution in [0.1, 0.15) is 6.42 Å². The van der Waals surface area contributed by atoms with Crippen molar-refractivity contribution < 1.29 is 28.2 Å². The fourth-order valence-electron chi connectivity index (χ4n) is 0.733. The zero-order valence-corrected chi connectivity index (χ0v) is 8.32. The molecule has 0 atom stereocenters. The maximum Gasteiger partial charge on any atom is 0.318 e. The molecule has 0 heterocycles. The van der Waals surface area contributed by atoms with Crippen molar-refractivity contribution in [3.63, 3.8) is 0 Å². The Morgan fingerprint density at radius 2 is 1.71 bits per heavy atom. The van der Waals surface area contributed by atoms with E-state index in [0.717, 1.165) is 6.26 Å². The fourth-order valence-corrected chi connectivity index (χ4v) is 1.50. The Labute approximate surface area is 81.0 Å². The fraction of sp³-hybridized carbons (Fsp3) is 0.667. The number of rotatable bonds is 6. The molecule has 8 heteroatoms.